The molecule has 2 aromatic carbocycles. The number of amides is 1. The van der Waals surface area contributed by atoms with Crippen LogP contribution < -0.4 is 15.4 Å². The molecule has 8 nitrogen and oxygen atoms in total. The molecule has 0 bridgehead atoms. The first-order valence-electron chi connectivity index (χ1n) is 9.41. The van der Waals surface area contributed by atoms with E-state index in [9.17, 15) is 14.4 Å². The van der Waals surface area contributed by atoms with E-state index in [4.69, 9.17) is 9.84 Å². The molecule has 1 amide bonds. The van der Waals surface area contributed by atoms with Gasteiger partial charge in [-0.05, 0) is 47.9 Å². The van der Waals surface area contributed by atoms with Gasteiger partial charge in [-0.25, -0.2) is 4.79 Å². The predicted octanol–water partition coefficient (Wildman–Crippen LogP) is 3.24. The van der Waals surface area contributed by atoms with Gasteiger partial charge in [0.25, 0.3) is 0 Å². The Labute approximate surface area is 175 Å². The normalized spacial score (nSPS) is 10.4. The number of rotatable bonds is 10. The summed E-state index contributed by atoms with van der Waals surface area (Å²) in [6.45, 7) is 2.56. The molecule has 0 aromatic heterocycles. The molecule has 0 radical (unpaired) electrons. The van der Waals surface area contributed by atoms with Crippen molar-refractivity contribution in [2.24, 2.45) is 0 Å². The first-order valence-corrected chi connectivity index (χ1v) is 9.41. The zero-order valence-corrected chi connectivity index (χ0v) is 17.3. The second kappa shape index (κ2) is 11.0. The fraction of sp³-hybridized carbons (Fsp3) is 0.318. The summed E-state index contributed by atoms with van der Waals surface area (Å²) in [7, 11) is 2.82. The lowest BCUT2D eigenvalue weighted by Gasteiger charge is -2.17. The van der Waals surface area contributed by atoms with Crippen LogP contribution in [0.1, 0.15) is 24.5 Å². The summed E-state index contributed by atoms with van der Waals surface area (Å²) in [6, 6.07) is 10.6. The molecule has 0 aliphatic rings. The maximum absolute atomic E-state index is 11.6. The predicted molar refractivity (Wildman–Crippen MR) is 113 cm³/mol. The van der Waals surface area contributed by atoms with Gasteiger partial charge in [0.05, 0.1) is 20.6 Å². The average molecular weight is 414 g/mol. The lowest BCUT2D eigenvalue weighted by atomic mass is 9.95. The molecule has 160 valence electrons. The molecule has 0 aliphatic carbocycles. The van der Waals surface area contributed by atoms with Gasteiger partial charge in [-0.3, -0.25) is 14.9 Å². The van der Waals surface area contributed by atoms with Crippen LogP contribution in [0.4, 0.5) is 10.5 Å². The van der Waals surface area contributed by atoms with Crippen molar-refractivity contribution in [2.75, 3.05) is 26.1 Å². The van der Waals surface area contributed by atoms with Crippen LogP contribution in [0.15, 0.2) is 36.4 Å². The number of anilines is 1. The van der Waals surface area contributed by atoms with Gasteiger partial charge in [0, 0.05) is 30.8 Å². The molecule has 0 aliphatic heterocycles. The molecule has 0 atom stereocenters. The maximum Gasteiger partial charge on any atom is 0.411 e. The van der Waals surface area contributed by atoms with E-state index in [1.807, 2.05) is 6.07 Å². The van der Waals surface area contributed by atoms with Crippen LogP contribution in [0.2, 0.25) is 0 Å². The molecule has 8 heteroatoms. The number of carbonyl (C=O) groups is 3. The summed E-state index contributed by atoms with van der Waals surface area (Å²) in [5, 5.41) is 15.0. The molecular formula is C22H26N2O6. The van der Waals surface area contributed by atoms with E-state index in [0.717, 1.165) is 11.1 Å². The zero-order valence-electron chi connectivity index (χ0n) is 17.3. The second-order valence-electron chi connectivity index (χ2n) is 6.72. The van der Waals surface area contributed by atoms with Crippen molar-refractivity contribution in [2.45, 2.75) is 26.3 Å². The highest BCUT2D eigenvalue weighted by atomic mass is 16.5. The highest BCUT2D eigenvalue weighted by molar-refractivity contribution is 5.87. The molecule has 0 unspecified atom stereocenters. The molecule has 0 saturated carbocycles. The minimum Gasteiger partial charge on any atom is -0.496 e. The number of aliphatic carboxylic acids is 1. The lowest BCUT2D eigenvalue weighted by molar-refractivity contribution is -0.136. The largest absolute Gasteiger partial charge is 0.496 e. The minimum absolute atomic E-state index is 0.100. The third-order valence-electron chi connectivity index (χ3n) is 4.42. The van der Waals surface area contributed by atoms with Crippen LogP contribution >= 0.6 is 0 Å². The number of hydrogen-bond donors (Lipinski definition) is 3. The van der Waals surface area contributed by atoms with Crippen molar-refractivity contribution in [3.63, 3.8) is 0 Å². The van der Waals surface area contributed by atoms with Crippen LogP contribution in [0.5, 0.6) is 5.75 Å². The Kier molecular flexibility index (Phi) is 8.37. The number of carboxylic acid groups (broad SMARTS) is 1. The maximum atomic E-state index is 11.6. The van der Waals surface area contributed by atoms with Crippen LogP contribution in [0.3, 0.4) is 0 Å². The molecule has 0 fully saturated rings. The van der Waals surface area contributed by atoms with Crippen molar-refractivity contribution in [1.29, 1.82) is 0 Å². The molecule has 2 aromatic rings. The first-order chi connectivity index (χ1) is 14.3. The third kappa shape index (κ3) is 6.59. The van der Waals surface area contributed by atoms with E-state index < -0.39 is 12.1 Å². The molecule has 0 heterocycles. The molecule has 30 heavy (non-hydrogen) atoms. The number of ether oxygens (including phenoxy) is 2. The van der Waals surface area contributed by atoms with E-state index >= 15 is 0 Å². The number of carboxylic acids is 1. The van der Waals surface area contributed by atoms with Gasteiger partial charge in [0.1, 0.15) is 11.5 Å². The average Bonchev–Trinajstić information content (AvgIpc) is 2.71. The van der Waals surface area contributed by atoms with Gasteiger partial charge >= 0.3 is 12.1 Å². The Balaban J connectivity index is 2.46. The standard InChI is InChI=1S/C22H26N2O6/c1-14(25)8-9-23-13-16-5-6-17(24-22(28)30-3)12-18(16)19-10-15(11-21(26)27)4-7-20(19)29-2/h4-7,10,12,23H,8-9,11,13H2,1-3H3,(H,24,28)(H,26,27). The van der Waals surface area contributed by atoms with E-state index in [2.05, 4.69) is 15.4 Å². The fourth-order valence-electron chi connectivity index (χ4n) is 2.97. The molecular weight excluding hydrogens is 388 g/mol. The van der Waals surface area contributed by atoms with Crippen molar-refractivity contribution < 1.29 is 29.0 Å². The molecule has 2 rings (SSSR count). The summed E-state index contributed by atoms with van der Waals surface area (Å²) < 4.78 is 10.1. The molecule has 0 saturated heterocycles. The van der Waals surface area contributed by atoms with E-state index in [1.54, 1.807) is 37.3 Å². The number of benzene rings is 2. The van der Waals surface area contributed by atoms with Gasteiger partial charge in [0.15, 0.2) is 0 Å². The Morgan fingerprint density at radius 3 is 2.43 bits per heavy atom. The minimum atomic E-state index is -0.932. The topological polar surface area (TPSA) is 114 Å². The third-order valence-corrected chi connectivity index (χ3v) is 4.42. The van der Waals surface area contributed by atoms with Gasteiger partial charge in [-0.1, -0.05) is 12.1 Å². The Morgan fingerprint density at radius 1 is 1.03 bits per heavy atom. The van der Waals surface area contributed by atoms with Crippen LogP contribution in [-0.4, -0.2) is 43.7 Å². The number of nitrogens with one attached hydrogen (secondary N) is 2. The lowest BCUT2D eigenvalue weighted by Crippen LogP contribution is -2.17. The van der Waals surface area contributed by atoms with Gasteiger partial charge in [0.2, 0.25) is 0 Å². The SMILES string of the molecule is COC(=O)Nc1ccc(CNCCC(C)=O)c(-c2cc(CC(=O)O)ccc2OC)c1. The Morgan fingerprint density at radius 2 is 1.80 bits per heavy atom. The first kappa shape index (κ1) is 22.9. The Hall–Kier alpha value is -3.39. The summed E-state index contributed by atoms with van der Waals surface area (Å²) in [4.78, 5) is 33.9. The van der Waals surface area contributed by atoms with Crippen molar-refractivity contribution in [3.05, 3.63) is 47.5 Å². The number of ketones is 1. The monoisotopic (exact) mass is 414 g/mol. The van der Waals surface area contributed by atoms with Crippen LogP contribution in [0, 0.1) is 0 Å². The summed E-state index contributed by atoms with van der Waals surface area (Å²) >= 11 is 0. The number of carbonyl (C=O) groups excluding carboxylic acids is 2. The summed E-state index contributed by atoms with van der Waals surface area (Å²) in [5.41, 5.74) is 3.52. The number of methoxy groups -OCH3 is 2. The van der Waals surface area contributed by atoms with Crippen molar-refractivity contribution in [1.82, 2.24) is 5.32 Å². The van der Waals surface area contributed by atoms with Crippen LogP contribution in [0.25, 0.3) is 11.1 Å². The van der Waals surface area contributed by atoms with E-state index in [-0.39, 0.29) is 12.2 Å². The van der Waals surface area contributed by atoms with Gasteiger partial charge < -0.3 is 19.9 Å². The summed E-state index contributed by atoms with van der Waals surface area (Å²) in [6.07, 6.45) is -0.294. The van der Waals surface area contributed by atoms with Crippen molar-refractivity contribution >= 4 is 23.5 Å². The second-order valence-corrected chi connectivity index (χ2v) is 6.72. The summed E-state index contributed by atoms with van der Waals surface area (Å²) in [5.74, 6) is -0.258. The highest BCUT2D eigenvalue weighted by Gasteiger charge is 2.15. The molecule has 3 N–H and O–H groups in total. The number of Topliss-reactive ketones (excluding diaryl/α,β-unsaturated/α-hetero) is 1. The van der Waals surface area contributed by atoms with E-state index in [0.29, 0.717) is 42.1 Å². The van der Waals surface area contributed by atoms with Gasteiger partial charge in [-0.15, -0.1) is 0 Å². The highest BCUT2D eigenvalue weighted by Crippen LogP contribution is 2.35. The smallest absolute Gasteiger partial charge is 0.411 e. The number of hydrogen-bond acceptors (Lipinski definition) is 6. The fourth-order valence-corrected chi connectivity index (χ4v) is 2.97. The molecule has 0 spiro atoms. The quantitative estimate of drug-likeness (QED) is 0.511. The zero-order chi connectivity index (χ0) is 22.1. The van der Waals surface area contributed by atoms with Crippen LogP contribution in [-0.2, 0) is 27.3 Å². The van der Waals surface area contributed by atoms with E-state index in [1.165, 1.54) is 14.2 Å². The van der Waals surface area contributed by atoms with Crippen molar-refractivity contribution in [3.8, 4) is 16.9 Å². The van der Waals surface area contributed by atoms with Gasteiger partial charge in [-0.2, -0.15) is 0 Å². The Bertz CT molecular complexity index is 926.